The van der Waals surface area contributed by atoms with Crippen molar-refractivity contribution in [2.24, 2.45) is 5.92 Å². The van der Waals surface area contributed by atoms with Gasteiger partial charge >= 0.3 is 12.1 Å². The van der Waals surface area contributed by atoms with Gasteiger partial charge in [-0.1, -0.05) is 0 Å². The third kappa shape index (κ3) is 4.43. The van der Waals surface area contributed by atoms with E-state index in [0.717, 1.165) is 18.7 Å². The second-order valence-corrected chi connectivity index (χ2v) is 5.59. The molecule has 1 aromatic heterocycles. The van der Waals surface area contributed by atoms with Gasteiger partial charge in [0.2, 0.25) is 0 Å². The normalized spacial score (nSPS) is 18.7. The number of aromatic nitrogens is 1. The molecule has 0 radical (unpaired) electrons. The van der Waals surface area contributed by atoms with Crippen LogP contribution >= 0.6 is 0 Å². The van der Waals surface area contributed by atoms with Crippen LogP contribution in [-0.2, 0) is 11.0 Å². The molecule has 5 nitrogen and oxygen atoms in total. The third-order valence-corrected chi connectivity index (χ3v) is 3.88. The number of alkyl halides is 3. The fourth-order valence-electron chi connectivity index (χ4n) is 2.79. The van der Waals surface area contributed by atoms with Gasteiger partial charge in [0.15, 0.2) is 5.69 Å². The number of hydrogen-bond acceptors (Lipinski definition) is 3. The van der Waals surface area contributed by atoms with Gasteiger partial charge < -0.3 is 10.0 Å². The van der Waals surface area contributed by atoms with Crippen molar-refractivity contribution in [3.8, 4) is 0 Å². The first-order chi connectivity index (χ1) is 10.8. The van der Waals surface area contributed by atoms with Crippen LogP contribution < -0.4 is 0 Å². The van der Waals surface area contributed by atoms with E-state index in [9.17, 15) is 22.8 Å². The van der Waals surface area contributed by atoms with Crippen LogP contribution in [0.15, 0.2) is 18.3 Å². The molecule has 0 saturated carbocycles. The number of likely N-dealkylation sites (tertiary alicyclic amines) is 1. The molecule has 8 heteroatoms. The Morgan fingerprint density at radius 1 is 1.39 bits per heavy atom. The van der Waals surface area contributed by atoms with Crippen molar-refractivity contribution < 1.29 is 27.9 Å². The zero-order chi connectivity index (χ0) is 17.0. The Bertz CT molecular complexity index is 590. The lowest BCUT2D eigenvalue weighted by atomic mass is 9.93. The van der Waals surface area contributed by atoms with Crippen molar-refractivity contribution in [2.75, 3.05) is 13.1 Å². The number of hydrogen-bond donors (Lipinski definition) is 1. The van der Waals surface area contributed by atoms with E-state index in [1.807, 2.05) is 0 Å². The van der Waals surface area contributed by atoms with Gasteiger partial charge in [-0.2, -0.15) is 13.2 Å². The topological polar surface area (TPSA) is 70.5 Å². The van der Waals surface area contributed by atoms with Crippen molar-refractivity contribution in [1.82, 2.24) is 9.88 Å². The molecule has 2 heterocycles. The van der Waals surface area contributed by atoms with Crippen molar-refractivity contribution in [3.05, 3.63) is 29.6 Å². The summed E-state index contributed by atoms with van der Waals surface area (Å²) in [6, 6.07) is 2.42. The third-order valence-electron chi connectivity index (χ3n) is 3.88. The zero-order valence-corrected chi connectivity index (χ0v) is 12.3. The molecule has 1 saturated heterocycles. The predicted molar refractivity (Wildman–Crippen MR) is 74.7 cm³/mol. The number of amides is 1. The standard InChI is InChI=1S/C15H17F3N2O3/c16-15(17,18)13-11(4-1-7-19-13)14(23)20-8-2-3-10(9-20)5-6-12(21)22/h1,4,7,10H,2-3,5-6,8-9H2,(H,21,22)/t10-/m0/s1. The fraction of sp³-hybridized carbons (Fsp3) is 0.533. The number of rotatable bonds is 4. The molecule has 23 heavy (non-hydrogen) atoms. The van der Waals surface area contributed by atoms with Gasteiger partial charge in [-0.3, -0.25) is 14.6 Å². The van der Waals surface area contributed by atoms with Crippen LogP contribution in [0.1, 0.15) is 41.7 Å². The van der Waals surface area contributed by atoms with Crippen LogP contribution in [0.3, 0.4) is 0 Å². The molecule has 0 unspecified atom stereocenters. The Morgan fingerprint density at radius 2 is 2.13 bits per heavy atom. The van der Waals surface area contributed by atoms with Gasteiger partial charge in [-0.15, -0.1) is 0 Å². The van der Waals surface area contributed by atoms with Gasteiger partial charge in [0.25, 0.3) is 5.91 Å². The van der Waals surface area contributed by atoms with E-state index in [1.54, 1.807) is 0 Å². The predicted octanol–water partition coefficient (Wildman–Crippen LogP) is 2.82. The molecule has 0 aliphatic carbocycles. The molecule has 1 fully saturated rings. The maximum absolute atomic E-state index is 13.0. The van der Waals surface area contributed by atoms with Crippen molar-refractivity contribution in [2.45, 2.75) is 31.9 Å². The van der Waals surface area contributed by atoms with Crippen molar-refractivity contribution in [1.29, 1.82) is 0 Å². The van der Waals surface area contributed by atoms with Crippen LogP contribution in [0.5, 0.6) is 0 Å². The Balaban J connectivity index is 2.13. The smallest absolute Gasteiger partial charge is 0.434 e. The summed E-state index contributed by atoms with van der Waals surface area (Å²) in [5, 5.41) is 8.71. The summed E-state index contributed by atoms with van der Waals surface area (Å²) in [5.74, 6) is -1.62. The van der Waals surface area contributed by atoms with Crippen molar-refractivity contribution in [3.63, 3.8) is 0 Å². The first kappa shape index (κ1) is 17.2. The molecule has 1 N–H and O–H groups in total. The molecule has 0 bridgehead atoms. The van der Waals surface area contributed by atoms with E-state index >= 15 is 0 Å². The molecule has 1 aliphatic heterocycles. The molecular formula is C15H17F3N2O3. The lowest BCUT2D eigenvalue weighted by Gasteiger charge is -2.33. The molecule has 0 aromatic carbocycles. The minimum absolute atomic E-state index is 0.00481. The fourth-order valence-corrected chi connectivity index (χ4v) is 2.79. The van der Waals surface area contributed by atoms with E-state index in [4.69, 9.17) is 5.11 Å². The number of piperidine rings is 1. The number of carboxylic acid groups (broad SMARTS) is 1. The van der Waals surface area contributed by atoms with E-state index in [0.29, 0.717) is 19.4 Å². The Labute approximate surface area is 131 Å². The summed E-state index contributed by atoms with van der Waals surface area (Å²) in [4.78, 5) is 27.7. The van der Waals surface area contributed by atoms with Gasteiger partial charge in [-0.25, -0.2) is 0 Å². The second kappa shape index (κ2) is 6.97. The summed E-state index contributed by atoms with van der Waals surface area (Å²) in [6.45, 7) is 0.646. The van der Waals surface area contributed by atoms with Gasteiger partial charge in [0, 0.05) is 25.7 Å². The molecule has 1 aromatic rings. The Hall–Kier alpha value is -2.12. The number of nitrogens with zero attached hydrogens (tertiary/aromatic N) is 2. The van der Waals surface area contributed by atoms with Crippen LogP contribution in [-0.4, -0.2) is 40.0 Å². The number of halogens is 3. The summed E-state index contributed by atoms with van der Waals surface area (Å²) < 4.78 is 38.9. The monoisotopic (exact) mass is 330 g/mol. The van der Waals surface area contributed by atoms with Crippen LogP contribution in [0, 0.1) is 5.92 Å². The highest BCUT2D eigenvalue weighted by Crippen LogP contribution is 2.31. The first-order valence-corrected chi connectivity index (χ1v) is 7.32. The highest BCUT2D eigenvalue weighted by Gasteiger charge is 2.38. The molecule has 0 spiro atoms. The van der Waals surface area contributed by atoms with E-state index in [-0.39, 0.29) is 18.9 Å². The summed E-state index contributed by atoms with van der Waals surface area (Å²) in [6.07, 6.45) is -1.85. The average Bonchev–Trinajstić information content (AvgIpc) is 2.51. The van der Waals surface area contributed by atoms with Crippen molar-refractivity contribution >= 4 is 11.9 Å². The lowest BCUT2D eigenvalue weighted by Crippen LogP contribution is -2.40. The number of carbonyl (C=O) groups excluding carboxylic acids is 1. The average molecular weight is 330 g/mol. The first-order valence-electron chi connectivity index (χ1n) is 7.32. The van der Waals surface area contributed by atoms with Crippen LogP contribution in [0.25, 0.3) is 0 Å². The van der Waals surface area contributed by atoms with E-state index in [2.05, 4.69) is 4.98 Å². The van der Waals surface area contributed by atoms with E-state index in [1.165, 1.54) is 11.0 Å². The summed E-state index contributed by atoms with van der Waals surface area (Å²) in [7, 11) is 0. The maximum atomic E-state index is 13.0. The number of pyridine rings is 1. The minimum Gasteiger partial charge on any atom is -0.481 e. The highest BCUT2D eigenvalue weighted by atomic mass is 19.4. The maximum Gasteiger partial charge on any atom is 0.434 e. The van der Waals surface area contributed by atoms with Gasteiger partial charge in [0.05, 0.1) is 5.56 Å². The van der Waals surface area contributed by atoms with Crippen LogP contribution in [0.2, 0.25) is 0 Å². The molecule has 126 valence electrons. The zero-order valence-electron chi connectivity index (χ0n) is 12.3. The van der Waals surface area contributed by atoms with E-state index < -0.39 is 29.3 Å². The SMILES string of the molecule is O=C(O)CC[C@@H]1CCCN(C(=O)c2cccnc2C(F)(F)F)C1. The molecule has 1 atom stereocenters. The Kier molecular flexibility index (Phi) is 5.23. The molecular weight excluding hydrogens is 313 g/mol. The number of aliphatic carboxylic acids is 1. The Morgan fingerprint density at radius 3 is 2.78 bits per heavy atom. The lowest BCUT2D eigenvalue weighted by molar-refractivity contribution is -0.141. The van der Waals surface area contributed by atoms with Gasteiger partial charge in [0.1, 0.15) is 0 Å². The number of carbonyl (C=O) groups is 2. The molecule has 1 aliphatic rings. The molecule has 2 rings (SSSR count). The molecule has 1 amide bonds. The highest BCUT2D eigenvalue weighted by molar-refractivity contribution is 5.95. The minimum atomic E-state index is -4.69. The quantitative estimate of drug-likeness (QED) is 0.921. The number of carboxylic acids is 1. The van der Waals surface area contributed by atoms with Gasteiger partial charge in [-0.05, 0) is 37.3 Å². The second-order valence-electron chi connectivity index (χ2n) is 5.59. The summed E-state index contributed by atoms with van der Waals surface area (Å²) >= 11 is 0. The summed E-state index contributed by atoms with van der Waals surface area (Å²) in [5.41, 5.74) is -1.64. The largest absolute Gasteiger partial charge is 0.481 e. The van der Waals surface area contributed by atoms with Crippen LogP contribution in [0.4, 0.5) is 13.2 Å².